The molecule has 5 heteroatoms. The molecule has 5 nitrogen and oxygen atoms in total. The van der Waals surface area contributed by atoms with Gasteiger partial charge in [-0.1, -0.05) is 19.1 Å². The molecule has 1 aromatic rings. The second-order valence-corrected chi connectivity index (χ2v) is 4.97. The summed E-state index contributed by atoms with van der Waals surface area (Å²) in [5.41, 5.74) is 0.255. The highest BCUT2D eigenvalue weighted by molar-refractivity contribution is 6.39. The van der Waals surface area contributed by atoms with Gasteiger partial charge in [-0.05, 0) is 30.9 Å². The number of phenolic OH excluding ortho intramolecular Hbond substituents is 1. The van der Waals surface area contributed by atoms with E-state index in [4.69, 9.17) is 0 Å². The average Bonchev–Trinajstić information content (AvgIpc) is 2.40. The van der Waals surface area contributed by atoms with E-state index in [2.05, 4.69) is 12.2 Å². The fourth-order valence-electron chi connectivity index (χ4n) is 2.27. The number of nitrogens with one attached hydrogen (secondary N) is 1. The monoisotopic (exact) mass is 262 g/mol. The Kier molecular flexibility index (Phi) is 4.04. The second-order valence-electron chi connectivity index (χ2n) is 4.97. The lowest BCUT2D eigenvalue weighted by Gasteiger charge is -2.30. The number of piperidine rings is 1. The lowest BCUT2D eigenvalue weighted by molar-refractivity contribution is -0.144. The zero-order valence-electron chi connectivity index (χ0n) is 10.9. The van der Waals surface area contributed by atoms with Crippen LogP contribution >= 0.6 is 0 Å². The minimum Gasteiger partial charge on any atom is -0.506 e. The summed E-state index contributed by atoms with van der Waals surface area (Å²) in [5, 5.41) is 12.0. The molecule has 0 aliphatic carbocycles. The molecule has 1 atom stereocenters. The molecule has 2 amide bonds. The minimum absolute atomic E-state index is 0.0457. The van der Waals surface area contributed by atoms with Gasteiger partial charge < -0.3 is 15.3 Å². The quantitative estimate of drug-likeness (QED) is 0.596. The number of phenols is 1. The number of anilines is 1. The molecule has 1 aromatic carbocycles. The zero-order valence-corrected chi connectivity index (χ0v) is 10.9. The number of likely N-dealkylation sites (tertiary alicyclic amines) is 1. The molecule has 2 N–H and O–H groups in total. The number of nitrogens with zero attached hydrogens (tertiary/aromatic N) is 1. The van der Waals surface area contributed by atoms with Crippen LogP contribution in [0.5, 0.6) is 5.75 Å². The predicted octanol–water partition coefficient (Wildman–Crippen LogP) is 1.59. The summed E-state index contributed by atoms with van der Waals surface area (Å²) in [6.07, 6.45) is 2.02. The van der Waals surface area contributed by atoms with E-state index < -0.39 is 11.8 Å². The third kappa shape index (κ3) is 3.24. The molecule has 0 saturated carbocycles. The summed E-state index contributed by atoms with van der Waals surface area (Å²) < 4.78 is 0. The van der Waals surface area contributed by atoms with Crippen molar-refractivity contribution >= 4 is 17.5 Å². The number of hydrogen-bond acceptors (Lipinski definition) is 3. The molecule has 0 spiro atoms. The van der Waals surface area contributed by atoms with Gasteiger partial charge in [0, 0.05) is 13.1 Å². The van der Waals surface area contributed by atoms with Gasteiger partial charge in [0.1, 0.15) is 5.75 Å². The van der Waals surface area contributed by atoms with E-state index in [0.717, 1.165) is 12.8 Å². The minimum atomic E-state index is -0.699. The number of hydrogen-bond donors (Lipinski definition) is 2. The van der Waals surface area contributed by atoms with Crippen molar-refractivity contribution in [2.75, 3.05) is 18.4 Å². The van der Waals surface area contributed by atoms with Gasteiger partial charge in [-0.3, -0.25) is 9.59 Å². The summed E-state index contributed by atoms with van der Waals surface area (Å²) in [5.74, 6) is -0.850. The standard InChI is InChI=1S/C14H18N2O3/c1-10-5-4-8-16(9-10)14(19)13(18)15-11-6-2-3-7-12(11)17/h2-3,6-7,10,17H,4-5,8-9H2,1H3,(H,15,18). The van der Waals surface area contributed by atoms with Gasteiger partial charge in [0.2, 0.25) is 0 Å². The fourth-order valence-corrected chi connectivity index (χ4v) is 2.27. The lowest BCUT2D eigenvalue weighted by Crippen LogP contribution is -2.44. The van der Waals surface area contributed by atoms with E-state index in [1.54, 1.807) is 23.1 Å². The molecule has 1 saturated heterocycles. The van der Waals surface area contributed by atoms with E-state index in [9.17, 15) is 14.7 Å². The molecule has 1 aliphatic heterocycles. The summed E-state index contributed by atoms with van der Waals surface area (Å²) in [6, 6.07) is 6.35. The van der Waals surface area contributed by atoms with Crippen LogP contribution in [0.3, 0.4) is 0 Å². The van der Waals surface area contributed by atoms with E-state index >= 15 is 0 Å². The van der Waals surface area contributed by atoms with Gasteiger partial charge in [-0.15, -0.1) is 0 Å². The largest absolute Gasteiger partial charge is 0.506 e. The topological polar surface area (TPSA) is 69.6 Å². The number of carbonyl (C=O) groups excluding carboxylic acids is 2. The van der Waals surface area contributed by atoms with Gasteiger partial charge in [-0.25, -0.2) is 0 Å². The van der Waals surface area contributed by atoms with E-state index in [0.29, 0.717) is 19.0 Å². The van der Waals surface area contributed by atoms with E-state index in [1.807, 2.05) is 0 Å². The van der Waals surface area contributed by atoms with Gasteiger partial charge in [0.25, 0.3) is 0 Å². The Labute approximate surface area is 112 Å². The third-order valence-electron chi connectivity index (χ3n) is 3.29. The molecule has 2 rings (SSSR count). The average molecular weight is 262 g/mol. The van der Waals surface area contributed by atoms with E-state index in [1.165, 1.54) is 6.07 Å². The Bertz CT molecular complexity index is 487. The van der Waals surface area contributed by atoms with Crippen molar-refractivity contribution in [3.05, 3.63) is 24.3 Å². The number of carbonyl (C=O) groups is 2. The van der Waals surface area contributed by atoms with Gasteiger partial charge in [-0.2, -0.15) is 0 Å². The number of para-hydroxylation sites is 2. The summed E-state index contributed by atoms with van der Waals surface area (Å²) >= 11 is 0. The second kappa shape index (κ2) is 5.73. The van der Waals surface area contributed by atoms with Crippen molar-refractivity contribution < 1.29 is 14.7 Å². The van der Waals surface area contributed by atoms with Crippen LogP contribution in [0.1, 0.15) is 19.8 Å². The maximum Gasteiger partial charge on any atom is 0.314 e. The first kappa shape index (κ1) is 13.4. The van der Waals surface area contributed by atoms with Crippen LogP contribution in [0, 0.1) is 5.92 Å². The smallest absolute Gasteiger partial charge is 0.314 e. The Morgan fingerprint density at radius 3 is 2.79 bits per heavy atom. The Morgan fingerprint density at radius 2 is 2.11 bits per heavy atom. The molecule has 0 aromatic heterocycles. The highest BCUT2D eigenvalue weighted by Crippen LogP contribution is 2.22. The first-order valence-corrected chi connectivity index (χ1v) is 6.46. The molecule has 1 unspecified atom stereocenters. The van der Waals surface area contributed by atoms with Gasteiger partial charge in [0.15, 0.2) is 0 Å². The molecule has 0 bridgehead atoms. The number of rotatable bonds is 1. The zero-order chi connectivity index (χ0) is 13.8. The fraction of sp³-hybridized carbons (Fsp3) is 0.429. The first-order valence-electron chi connectivity index (χ1n) is 6.46. The molecular weight excluding hydrogens is 244 g/mol. The van der Waals surface area contributed by atoms with Crippen LogP contribution in [-0.4, -0.2) is 34.9 Å². The Balaban J connectivity index is 2.00. The van der Waals surface area contributed by atoms with Crippen LogP contribution in [0.25, 0.3) is 0 Å². The maximum atomic E-state index is 12.0. The maximum absolute atomic E-state index is 12.0. The Hall–Kier alpha value is -2.04. The Morgan fingerprint density at radius 1 is 1.37 bits per heavy atom. The molecule has 19 heavy (non-hydrogen) atoms. The normalized spacial score (nSPS) is 19.0. The van der Waals surface area contributed by atoms with Crippen LogP contribution in [-0.2, 0) is 9.59 Å². The molecule has 1 heterocycles. The highest BCUT2D eigenvalue weighted by Gasteiger charge is 2.26. The highest BCUT2D eigenvalue weighted by atomic mass is 16.3. The first-order chi connectivity index (χ1) is 9.08. The van der Waals surface area contributed by atoms with Gasteiger partial charge >= 0.3 is 11.8 Å². The summed E-state index contributed by atoms with van der Waals surface area (Å²) in [6.45, 7) is 3.31. The van der Waals surface area contributed by atoms with E-state index in [-0.39, 0.29) is 11.4 Å². The van der Waals surface area contributed by atoms with Crippen molar-refractivity contribution in [2.24, 2.45) is 5.92 Å². The van der Waals surface area contributed by atoms with Crippen molar-refractivity contribution in [2.45, 2.75) is 19.8 Å². The van der Waals surface area contributed by atoms with Crippen LogP contribution in [0.4, 0.5) is 5.69 Å². The number of aromatic hydroxyl groups is 1. The molecule has 102 valence electrons. The van der Waals surface area contributed by atoms with Crippen molar-refractivity contribution in [1.29, 1.82) is 0 Å². The van der Waals surface area contributed by atoms with Crippen molar-refractivity contribution in [1.82, 2.24) is 4.90 Å². The van der Waals surface area contributed by atoms with Crippen LogP contribution < -0.4 is 5.32 Å². The van der Waals surface area contributed by atoms with Gasteiger partial charge in [0.05, 0.1) is 5.69 Å². The SMILES string of the molecule is CC1CCCN(C(=O)C(=O)Nc2ccccc2O)C1. The molecule has 0 radical (unpaired) electrons. The predicted molar refractivity (Wildman–Crippen MR) is 71.7 cm³/mol. The lowest BCUT2D eigenvalue weighted by atomic mass is 10.0. The number of amides is 2. The van der Waals surface area contributed by atoms with Crippen LogP contribution in [0.2, 0.25) is 0 Å². The molecule has 1 aliphatic rings. The summed E-state index contributed by atoms with van der Waals surface area (Å²) in [4.78, 5) is 25.4. The third-order valence-corrected chi connectivity index (χ3v) is 3.29. The molecular formula is C14H18N2O3. The van der Waals surface area contributed by atoms with Crippen molar-refractivity contribution in [3.8, 4) is 5.75 Å². The molecule has 1 fully saturated rings. The number of benzene rings is 1. The van der Waals surface area contributed by atoms with Crippen LogP contribution in [0.15, 0.2) is 24.3 Å². The summed E-state index contributed by atoms with van der Waals surface area (Å²) in [7, 11) is 0. The van der Waals surface area contributed by atoms with Crippen molar-refractivity contribution in [3.63, 3.8) is 0 Å².